The molecule has 0 saturated carbocycles. The van der Waals surface area contributed by atoms with Crippen LogP contribution in [0.5, 0.6) is 11.5 Å². The summed E-state index contributed by atoms with van der Waals surface area (Å²) in [6.45, 7) is 0.828. The summed E-state index contributed by atoms with van der Waals surface area (Å²) in [6.07, 6.45) is -2.87. The highest BCUT2D eigenvalue weighted by Gasteiger charge is 2.43. The van der Waals surface area contributed by atoms with Gasteiger partial charge in [-0.1, -0.05) is 0 Å². The van der Waals surface area contributed by atoms with Gasteiger partial charge in [-0.25, -0.2) is 0 Å². The molecule has 0 unspecified atom stereocenters. The molecule has 0 bridgehead atoms. The van der Waals surface area contributed by atoms with E-state index < -0.39 is 11.8 Å². The van der Waals surface area contributed by atoms with E-state index in [-0.39, 0.29) is 29.8 Å². The van der Waals surface area contributed by atoms with Crippen LogP contribution < -0.4 is 20.5 Å². The van der Waals surface area contributed by atoms with E-state index in [9.17, 15) is 13.6 Å². The maximum atomic E-state index is 12.9. The number of benzene rings is 1. The van der Waals surface area contributed by atoms with Gasteiger partial charge in [-0.15, -0.1) is 21.2 Å². The van der Waals surface area contributed by atoms with Crippen molar-refractivity contribution in [2.75, 3.05) is 18.5 Å². The zero-order valence-corrected chi connectivity index (χ0v) is 12.3. The van der Waals surface area contributed by atoms with E-state index in [4.69, 9.17) is 10.5 Å². The Morgan fingerprint density at radius 3 is 2.50 bits per heavy atom. The van der Waals surface area contributed by atoms with Crippen LogP contribution >= 0.6 is 12.4 Å². The lowest BCUT2D eigenvalue weighted by atomic mass is 9.90. The van der Waals surface area contributed by atoms with Crippen LogP contribution in [-0.4, -0.2) is 31.0 Å². The highest BCUT2D eigenvalue weighted by atomic mass is 35.5. The van der Waals surface area contributed by atoms with Crippen molar-refractivity contribution in [3.05, 3.63) is 18.2 Å². The summed E-state index contributed by atoms with van der Waals surface area (Å²) in [4.78, 5) is 12.2. The summed E-state index contributed by atoms with van der Waals surface area (Å²) in [5.41, 5.74) is 5.34. The minimum Gasteiger partial charge on any atom is -0.395 e. The zero-order valence-electron chi connectivity index (χ0n) is 11.4. The van der Waals surface area contributed by atoms with Crippen molar-refractivity contribution < 1.29 is 27.8 Å². The number of hydrogen-bond donors (Lipinski definition) is 2. The van der Waals surface area contributed by atoms with Crippen LogP contribution in [0.2, 0.25) is 0 Å². The number of hydrogen-bond acceptors (Lipinski definition) is 5. The lowest BCUT2D eigenvalue weighted by Gasteiger charge is -2.31. The molecular formula is C13H15ClF2N2O4. The van der Waals surface area contributed by atoms with Gasteiger partial charge in [0.2, 0.25) is 5.91 Å². The number of rotatable bonds is 2. The number of alkyl halides is 2. The Bertz CT molecular complexity index is 579. The van der Waals surface area contributed by atoms with E-state index in [0.29, 0.717) is 31.7 Å². The molecule has 3 rings (SSSR count). The van der Waals surface area contributed by atoms with Gasteiger partial charge in [-0.3, -0.25) is 4.79 Å². The molecule has 1 aromatic carbocycles. The van der Waals surface area contributed by atoms with Crippen LogP contribution in [-0.2, 0) is 9.53 Å². The van der Waals surface area contributed by atoms with Crippen molar-refractivity contribution in [3.63, 3.8) is 0 Å². The van der Waals surface area contributed by atoms with Crippen LogP contribution in [0.1, 0.15) is 12.8 Å². The molecule has 22 heavy (non-hydrogen) atoms. The van der Waals surface area contributed by atoms with E-state index >= 15 is 0 Å². The molecule has 0 atom stereocenters. The first-order valence-corrected chi connectivity index (χ1v) is 6.46. The van der Waals surface area contributed by atoms with Crippen molar-refractivity contribution >= 4 is 24.0 Å². The summed E-state index contributed by atoms with van der Waals surface area (Å²) in [6, 6.07) is 4.03. The van der Waals surface area contributed by atoms with Crippen LogP contribution in [0.25, 0.3) is 0 Å². The van der Waals surface area contributed by atoms with E-state index in [2.05, 4.69) is 14.8 Å². The average Bonchev–Trinajstić information content (AvgIpc) is 2.72. The molecule has 0 aromatic heterocycles. The molecule has 1 fully saturated rings. The zero-order chi connectivity index (χ0) is 15.1. The Labute approximate surface area is 131 Å². The number of amides is 1. The Hall–Kier alpha value is -1.64. The lowest BCUT2D eigenvalue weighted by Crippen LogP contribution is -2.54. The van der Waals surface area contributed by atoms with Gasteiger partial charge in [0, 0.05) is 25.0 Å². The fourth-order valence-corrected chi connectivity index (χ4v) is 2.25. The normalized spacial score (nSPS) is 20.9. The lowest BCUT2D eigenvalue weighted by molar-refractivity contribution is -0.286. The molecule has 1 amide bonds. The minimum atomic E-state index is -3.68. The molecule has 3 N–H and O–H groups in total. The molecule has 2 aliphatic rings. The minimum absolute atomic E-state index is 0. The third kappa shape index (κ3) is 3.23. The maximum Gasteiger partial charge on any atom is 0.586 e. The summed E-state index contributed by atoms with van der Waals surface area (Å²) in [7, 11) is 0. The van der Waals surface area contributed by atoms with E-state index in [1.54, 1.807) is 0 Å². The van der Waals surface area contributed by atoms with E-state index in [0.717, 1.165) is 0 Å². The number of carbonyl (C=O) groups is 1. The van der Waals surface area contributed by atoms with Crippen LogP contribution in [0, 0.1) is 0 Å². The molecule has 0 spiro atoms. The molecule has 2 heterocycles. The predicted octanol–water partition coefficient (Wildman–Crippen LogP) is 1.88. The second-order valence-corrected chi connectivity index (χ2v) is 5.05. The van der Waals surface area contributed by atoms with Crippen molar-refractivity contribution in [1.82, 2.24) is 0 Å². The number of anilines is 1. The Morgan fingerprint density at radius 1 is 1.18 bits per heavy atom. The molecule has 2 aliphatic heterocycles. The first kappa shape index (κ1) is 16.7. The predicted molar refractivity (Wildman–Crippen MR) is 75.5 cm³/mol. The number of nitrogens with one attached hydrogen (secondary N) is 1. The van der Waals surface area contributed by atoms with E-state index in [1.807, 2.05) is 0 Å². The smallest absolute Gasteiger partial charge is 0.395 e. The third-order valence-electron chi connectivity index (χ3n) is 3.50. The van der Waals surface area contributed by atoms with Crippen LogP contribution in [0.3, 0.4) is 0 Å². The van der Waals surface area contributed by atoms with Gasteiger partial charge in [0.25, 0.3) is 0 Å². The summed E-state index contributed by atoms with van der Waals surface area (Å²) in [5.74, 6) is -0.584. The fraction of sp³-hybridized carbons (Fsp3) is 0.462. The number of carbonyl (C=O) groups excluding carboxylic acids is 1. The number of ether oxygens (including phenoxy) is 3. The summed E-state index contributed by atoms with van der Waals surface area (Å²) in [5, 5.41) is 2.61. The second kappa shape index (κ2) is 5.86. The SMILES string of the molecule is Cl.NC1(C(=O)Nc2ccc3c(c2)OC(F)(F)O3)CCOCC1. The molecule has 6 nitrogen and oxygen atoms in total. The third-order valence-corrected chi connectivity index (χ3v) is 3.50. The highest BCUT2D eigenvalue weighted by molar-refractivity contribution is 5.98. The molecule has 9 heteroatoms. The van der Waals surface area contributed by atoms with Gasteiger partial charge in [-0.2, -0.15) is 0 Å². The van der Waals surface area contributed by atoms with Gasteiger partial charge in [0.05, 0.1) is 0 Å². The topological polar surface area (TPSA) is 82.8 Å². The van der Waals surface area contributed by atoms with Crippen molar-refractivity contribution in [2.24, 2.45) is 5.73 Å². The van der Waals surface area contributed by atoms with Crippen molar-refractivity contribution in [1.29, 1.82) is 0 Å². The molecule has 0 radical (unpaired) electrons. The first-order valence-electron chi connectivity index (χ1n) is 6.46. The quantitative estimate of drug-likeness (QED) is 0.861. The second-order valence-electron chi connectivity index (χ2n) is 5.05. The monoisotopic (exact) mass is 336 g/mol. The van der Waals surface area contributed by atoms with Crippen LogP contribution in [0.4, 0.5) is 14.5 Å². The Kier molecular flexibility index (Phi) is 4.46. The van der Waals surface area contributed by atoms with Crippen LogP contribution in [0.15, 0.2) is 18.2 Å². The standard InChI is InChI=1S/C13H14F2N2O4.ClH/c14-13(15)20-9-2-1-8(7-10(9)21-13)17-11(18)12(16)3-5-19-6-4-12;/h1-2,7H,3-6,16H2,(H,17,18);1H. The molecule has 1 saturated heterocycles. The first-order chi connectivity index (χ1) is 9.88. The summed E-state index contributed by atoms with van der Waals surface area (Å²) >= 11 is 0. The van der Waals surface area contributed by atoms with Gasteiger partial charge in [0.15, 0.2) is 11.5 Å². The van der Waals surface area contributed by atoms with Gasteiger partial charge in [0.1, 0.15) is 5.54 Å². The molecule has 0 aliphatic carbocycles. The fourth-order valence-electron chi connectivity index (χ4n) is 2.25. The highest BCUT2D eigenvalue weighted by Crippen LogP contribution is 2.42. The van der Waals surface area contributed by atoms with Gasteiger partial charge < -0.3 is 25.3 Å². The largest absolute Gasteiger partial charge is 0.586 e. The molecule has 122 valence electrons. The number of fused-ring (bicyclic) bond motifs is 1. The maximum absolute atomic E-state index is 12.9. The van der Waals surface area contributed by atoms with Gasteiger partial charge >= 0.3 is 6.29 Å². The van der Waals surface area contributed by atoms with Gasteiger partial charge in [-0.05, 0) is 25.0 Å². The molecule has 1 aromatic rings. The van der Waals surface area contributed by atoms with Crippen molar-refractivity contribution in [3.8, 4) is 11.5 Å². The average molecular weight is 337 g/mol. The summed E-state index contributed by atoms with van der Waals surface area (Å²) < 4.78 is 39.6. The Balaban J connectivity index is 0.00000176. The number of nitrogens with two attached hydrogens (primary N) is 1. The molecular weight excluding hydrogens is 322 g/mol. The van der Waals surface area contributed by atoms with Crippen molar-refractivity contribution in [2.45, 2.75) is 24.7 Å². The Morgan fingerprint density at radius 2 is 1.82 bits per heavy atom. The van der Waals surface area contributed by atoms with E-state index in [1.165, 1.54) is 18.2 Å². The number of halogens is 3.